The zero-order valence-electron chi connectivity index (χ0n) is 33.5. The Kier molecular flexibility index (Phi) is 14.7. The number of guanidine groups is 1. The van der Waals surface area contributed by atoms with Gasteiger partial charge in [0.15, 0.2) is 17.5 Å². The Labute approximate surface area is 341 Å². The van der Waals surface area contributed by atoms with Crippen LogP contribution in [-0.4, -0.2) is 53.9 Å². The van der Waals surface area contributed by atoms with E-state index in [2.05, 4.69) is 40.5 Å². The second kappa shape index (κ2) is 20.5. The predicted octanol–water partition coefficient (Wildman–Crippen LogP) is 8.47. The molecule has 3 aliphatic rings. The molecule has 4 aromatic rings. The Morgan fingerprint density at radius 3 is 2.66 bits per heavy atom. The third-order valence-electron chi connectivity index (χ3n) is 11.0. The number of phenolic OH excluding ortho intramolecular Hbond substituents is 1. The number of hydrogen-bond acceptors (Lipinski definition) is 8. The van der Waals surface area contributed by atoms with E-state index in [0.717, 1.165) is 58.8 Å². The molecule has 10 nitrogen and oxygen atoms in total. The maximum Gasteiger partial charge on any atom is 0.192 e. The first-order valence-corrected chi connectivity index (χ1v) is 20.2. The average Bonchev–Trinajstić information content (AvgIpc) is 3.22. The van der Waals surface area contributed by atoms with Gasteiger partial charge < -0.3 is 40.6 Å². The fourth-order valence-corrected chi connectivity index (χ4v) is 7.86. The van der Waals surface area contributed by atoms with Crippen molar-refractivity contribution in [1.29, 1.82) is 0 Å². The Hall–Kier alpha value is -5.92. The Morgan fingerprint density at radius 1 is 0.966 bits per heavy atom. The first kappa shape index (κ1) is 41.7. The van der Waals surface area contributed by atoms with Gasteiger partial charge in [0.1, 0.15) is 36.1 Å². The number of anilines is 1. The smallest absolute Gasteiger partial charge is 0.192 e. The van der Waals surface area contributed by atoms with Crippen molar-refractivity contribution in [3.63, 3.8) is 0 Å². The first-order chi connectivity index (χ1) is 28.2. The average molecular weight is 786 g/mol. The number of carbonyl (C=O) groups is 1. The minimum absolute atomic E-state index is 0.0432. The highest BCUT2D eigenvalue weighted by Gasteiger charge is 2.29. The number of methoxy groups -OCH3 is 1. The number of aromatic hydroxyl groups is 1. The number of benzene rings is 4. The summed E-state index contributed by atoms with van der Waals surface area (Å²) in [5.41, 5.74) is 11.4. The molecule has 2 aliphatic heterocycles. The topological polar surface area (TPSA) is 156 Å². The quantitative estimate of drug-likeness (QED) is 0.0412. The molecule has 304 valence electrons. The van der Waals surface area contributed by atoms with Crippen molar-refractivity contribution in [2.24, 2.45) is 22.6 Å². The van der Waals surface area contributed by atoms with Crippen LogP contribution in [0.1, 0.15) is 73.6 Å². The lowest BCUT2D eigenvalue weighted by Crippen LogP contribution is -2.25. The summed E-state index contributed by atoms with van der Waals surface area (Å²) in [7, 11) is 3.25. The summed E-state index contributed by atoms with van der Waals surface area (Å²) in [6, 6.07) is 23.5. The SMILES string of the molecule is CN=C(N)Nc1cccc(CCCCC2C=C(CCCO)C(O)=CC2CC2CC(=O)CCc3ccc(OC)c(c3)OCc3ccc4c(c(O)ccc4c3)CC#CO2)c1. The van der Waals surface area contributed by atoms with Crippen molar-refractivity contribution in [1.82, 2.24) is 0 Å². The van der Waals surface area contributed by atoms with Crippen LogP contribution in [0.25, 0.3) is 10.8 Å². The summed E-state index contributed by atoms with van der Waals surface area (Å²) in [5.74, 6) is 5.10. The van der Waals surface area contributed by atoms with E-state index in [9.17, 15) is 20.1 Å². The van der Waals surface area contributed by atoms with Gasteiger partial charge in [-0.05, 0) is 132 Å². The van der Waals surface area contributed by atoms with E-state index in [1.807, 2.05) is 60.7 Å². The molecule has 1 aliphatic carbocycles. The maximum absolute atomic E-state index is 13.7. The number of ketones is 1. The number of aryl methyl sites for hydroxylation is 2. The third-order valence-corrected chi connectivity index (χ3v) is 11.0. The molecular weight excluding hydrogens is 731 g/mol. The van der Waals surface area contributed by atoms with Gasteiger partial charge in [-0.2, -0.15) is 0 Å². The number of nitrogens with zero attached hydrogens (tertiary/aromatic N) is 1. The van der Waals surface area contributed by atoms with E-state index >= 15 is 0 Å². The monoisotopic (exact) mass is 785 g/mol. The number of aliphatic hydroxyl groups is 2. The lowest BCUT2D eigenvalue weighted by atomic mass is 9.77. The molecule has 58 heavy (non-hydrogen) atoms. The van der Waals surface area contributed by atoms with Crippen molar-refractivity contribution < 1.29 is 34.3 Å². The van der Waals surface area contributed by atoms with Gasteiger partial charge in [0.2, 0.25) is 0 Å². The number of carbonyl (C=O) groups excluding carboxylic acids is 1. The highest BCUT2D eigenvalue weighted by Crippen LogP contribution is 2.37. The van der Waals surface area contributed by atoms with Gasteiger partial charge >= 0.3 is 0 Å². The van der Waals surface area contributed by atoms with Crippen molar-refractivity contribution in [2.45, 2.75) is 83.3 Å². The standard InChI is InChI=1S/C48H55N3O7/c1-50-48(49)51-39-12-5-9-32(25-39)8-3-4-10-35-27-37(11-6-22-52)45(55)29-38(35)28-41-30-40(53)18-14-33-16-21-46(56-2)47(26-33)58-31-34-15-19-42-36(24-34)17-20-44(54)43(42)13-7-23-57-41/h5,9,12,15-17,19-21,24-27,29,35,38,41,52,54-55H,3-4,6,8,10-11,13-14,18,22,28,30-31H2,1-2H3,(H3,49,50,51). The summed E-state index contributed by atoms with van der Waals surface area (Å²) in [6.45, 7) is 0.364. The van der Waals surface area contributed by atoms with Gasteiger partial charge in [0.25, 0.3) is 0 Å². The van der Waals surface area contributed by atoms with Crippen LogP contribution < -0.4 is 20.5 Å². The highest BCUT2D eigenvalue weighted by atomic mass is 16.5. The number of nitrogens with one attached hydrogen (secondary N) is 1. The molecule has 0 saturated heterocycles. The largest absolute Gasteiger partial charge is 0.508 e. The molecule has 3 unspecified atom stereocenters. The summed E-state index contributed by atoms with van der Waals surface area (Å²) in [5, 5.41) is 36.5. The van der Waals surface area contributed by atoms with E-state index in [1.165, 1.54) is 5.56 Å². The molecule has 10 heteroatoms. The van der Waals surface area contributed by atoms with E-state index in [1.54, 1.807) is 20.2 Å². The van der Waals surface area contributed by atoms with Gasteiger partial charge in [0.05, 0.1) is 7.11 Å². The van der Waals surface area contributed by atoms with Crippen LogP contribution in [0.3, 0.4) is 0 Å². The van der Waals surface area contributed by atoms with Crippen molar-refractivity contribution in [3.05, 3.63) is 119 Å². The number of rotatable bonds is 12. The number of phenols is 1. The zero-order valence-corrected chi connectivity index (χ0v) is 33.5. The zero-order chi connectivity index (χ0) is 40.9. The highest BCUT2D eigenvalue weighted by molar-refractivity contribution is 5.92. The van der Waals surface area contributed by atoms with Crippen LogP contribution in [0, 0.1) is 23.9 Å². The lowest BCUT2D eigenvalue weighted by molar-refractivity contribution is -0.121. The minimum atomic E-state index is -0.529. The Bertz CT molecular complexity index is 2220. The summed E-state index contributed by atoms with van der Waals surface area (Å²) >= 11 is 0. The molecule has 6 bridgehead atoms. The van der Waals surface area contributed by atoms with Gasteiger partial charge in [-0.3, -0.25) is 9.79 Å². The summed E-state index contributed by atoms with van der Waals surface area (Å²) < 4.78 is 18.1. The van der Waals surface area contributed by atoms with Crippen LogP contribution in [0.5, 0.6) is 17.2 Å². The number of hydrogen-bond donors (Lipinski definition) is 5. The number of aliphatic imine (C=N–C) groups is 1. The first-order valence-electron chi connectivity index (χ1n) is 20.2. The number of nitrogens with two attached hydrogens (primary N) is 1. The van der Waals surface area contributed by atoms with Gasteiger partial charge in [-0.1, -0.05) is 54.8 Å². The number of unbranched alkanes of at least 4 members (excludes halogenated alkanes) is 1. The third kappa shape index (κ3) is 11.4. The fraction of sp³-hybridized carbons (Fsp3) is 0.375. The van der Waals surface area contributed by atoms with Crippen LogP contribution in [-0.2, 0) is 35.4 Å². The summed E-state index contributed by atoms with van der Waals surface area (Å²) in [4.78, 5) is 17.6. The number of aliphatic hydroxyl groups excluding tert-OH is 2. The number of fused-ring (bicyclic) bond motifs is 9. The van der Waals surface area contributed by atoms with E-state index in [4.69, 9.17) is 19.9 Å². The normalized spacial score (nSPS) is 18.8. The van der Waals surface area contributed by atoms with Crippen LogP contribution in [0.15, 0.2) is 101 Å². The van der Waals surface area contributed by atoms with Crippen molar-refractivity contribution >= 4 is 28.2 Å². The number of Topliss-reactive ketones (excluding diaryl/α,β-unsaturated/α-hetero) is 1. The van der Waals surface area contributed by atoms with Gasteiger partial charge in [-0.15, -0.1) is 0 Å². The Balaban J connectivity index is 1.22. The van der Waals surface area contributed by atoms with Gasteiger partial charge in [-0.25, -0.2) is 0 Å². The molecule has 0 spiro atoms. The second-order valence-electron chi connectivity index (χ2n) is 15.1. The molecule has 0 fully saturated rings. The molecule has 3 atom stereocenters. The number of allylic oxidation sites excluding steroid dienone is 3. The second-order valence-corrected chi connectivity index (χ2v) is 15.1. The molecule has 0 aromatic heterocycles. The van der Waals surface area contributed by atoms with Crippen molar-refractivity contribution in [2.75, 3.05) is 26.1 Å². The Morgan fingerprint density at radius 2 is 1.83 bits per heavy atom. The van der Waals surface area contributed by atoms with E-state index in [-0.39, 0.29) is 48.6 Å². The van der Waals surface area contributed by atoms with Crippen LogP contribution in [0.2, 0.25) is 0 Å². The van der Waals surface area contributed by atoms with Gasteiger partial charge in [0, 0.05) is 44.2 Å². The predicted molar refractivity (Wildman–Crippen MR) is 229 cm³/mol. The maximum atomic E-state index is 13.7. The molecule has 4 aromatic carbocycles. The molecule has 0 amide bonds. The van der Waals surface area contributed by atoms with E-state index in [0.29, 0.717) is 61.7 Å². The molecule has 2 heterocycles. The summed E-state index contributed by atoms with van der Waals surface area (Å²) in [6.07, 6.45) is 13.0. The molecular formula is C48H55N3O7. The van der Waals surface area contributed by atoms with Crippen LogP contribution >= 0.6 is 0 Å². The molecule has 6 N–H and O–H groups in total. The van der Waals surface area contributed by atoms with E-state index < -0.39 is 6.10 Å². The number of ether oxygens (including phenoxy) is 3. The molecule has 7 rings (SSSR count). The van der Waals surface area contributed by atoms with Crippen molar-refractivity contribution in [3.8, 4) is 29.3 Å². The minimum Gasteiger partial charge on any atom is -0.508 e. The fourth-order valence-electron chi connectivity index (χ4n) is 7.86. The molecule has 0 radical (unpaired) electrons. The lowest BCUT2D eigenvalue weighted by Gasteiger charge is -2.30. The molecule has 0 saturated carbocycles. The van der Waals surface area contributed by atoms with Crippen LogP contribution in [0.4, 0.5) is 5.69 Å².